The van der Waals surface area contributed by atoms with Gasteiger partial charge in [0.25, 0.3) is 0 Å². The van der Waals surface area contributed by atoms with Crippen molar-refractivity contribution in [2.75, 3.05) is 13.2 Å². The number of benzene rings is 1. The fourth-order valence-electron chi connectivity index (χ4n) is 2.35. The molecule has 0 aliphatic heterocycles. The zero-order valence-corrected chi connectivity index (χ0v) is 11.7. The van der Waals surface area contributed by atoms with Gasteiger partial charge in [0, 0.05) is 6.54 Å². The predicted octanol–water partition coefficient (Wildman–Crippen LogP) is 2.99. The summed E-state index contributed by atoms with van der Waals surface area (Å²) in [7, 11) is 0. The van der Waals surface area contributed by atoms with Gasteiger partial charge in [0.1, 0.15) is 0 Å². The second kappa shape index (κ2) is 6.47. The van der Waals surface area contributed by atoms with E-state index in [0.717, 1.165) is 12.5 Å². The Hall–Kier alpha value is -1.56. The summed E-state index contributed by atoms with van der Waals surface area (Å²) in [6.07, 6.45) is -3.60. The summed E-state index contributed by atoms with van der Waals surface area (Å²) in [5, 5.41) is 3.00. The van der Waals surface area contributed by atoms with Gasteiger partial charge >= 0.3 is 12.1 Å². The lowest BCUT2D eigenvalue weighted by molar-refractivity contribution is -0.145. The number of hydrogen-bond donors (Lipinski definition) is 1. The van der Waals surface area contributed by atoms with Crippen LogP contribution in [0.3, 0.4) is 0 Å². The van der Waals surface area contributed by atoms with Crippen molar-refractivity contribution in [2.24, 2.45) is 11.8 Å². The van der Waals surface area contributed by atoms with Crippen molar-refractivity contribution in [1.82, 2.24) is 5.32 Å². The smallest absolute Gasteiger partial charge is 0.416 e. The maximum Gasteiger partial charge on any atom is 0.416 e. The fraction of sp³-hybridized carbons (Fsp3) is 0.533. The van der Waals surface area contributed by atoms with Gasteiger partial charge < -0.3 is 10.1 Å². The number of carbonyl (C=O) groups excluding carboxylic acids is 1. The predicted molar refractivity (Wildman–Crippen MR) is 71.4 cm³/mol. The van der Waals surface area contributed by atoms with Gasteiger partial charge in [-0.05, 0) is 37.4 Å². The van der Waals surface area contributed by atoms with Crippen LogP contribution in [0.25, 0.3) is 0 Å². The molecule has 1 fully saturated rings. The molecule has 21 heavy (non-hydrogen) atoms. The summed E-state index contributed by atoms with van der Waals surface area (Å²) in [6.45, 7) is 2.77. The maximum absolute atomic E-state index is 12.8. The lowest BCUT2D eigenvalue weighted by atomic mass is 10.1. The molecule has 2 atom stereocenters. The van der Waals surface area contributed by atoms with E-state index in [1.807, 2.05) is 0 Å². The highest BCUT2D eigenvalue weighted by Gasteiger charge is 2.43. The van der Waals surface area contributed by atoms with Gasteiger partial charge in [-0.15, -0.1) is 0 Å². The Kier molecular flexibility index (Phi) is 4.88. The second-order valence-corrected chi connectivity index (χ2v) is 5.14. The van der Waals surface area contributed by atoms with Crippen LogP contribution < -0.4 is 5.32 Å². The van der Waals surface area contributed by atoms with E-state index in [1.165, 1.54) is 12.1 Å². The summed E-state index contributed by atoms with van der Waals surface area (Å²) >= 11 is 0. The minimum absolute atomic E-state index is 0.102. The molecule has 1 aliphatic carbocycles. The minimum atomic E-state index is -4.34. The normalized spacial score (nSPS) is 21.1. The lowest BCUT2D eigenvalue weighted by Gasteiger charge is -2.13. The molecule has 6 heteroatoms. The van der Waals surface area contributed by atoms with E-state index >= 15 is 0 Å². The highest BCUT2D eigenvalue weighted by molar-refractivity contribution is 5.75. The van der Waals surface area contributed by atoms with Gasteiger partial charge in [0.2, 0.25) is 0 Å². The zero-order valence-electron chi connectivity index (χ0n) is 11.7. The van der Waals surface area contributed by atoms with Crippen LogP contribution in [0.15, 0.2) is 24.3 Å². The first-order valence-electron chi connectivity index (χ1n) is 6.96. The molecule has 0 aromatic heterocycles. The summed E-state index contributed by atoms with van der Waals surface area (Å²) < 4.78 is 43.3. The standard InChI is InChI=1S/C15H18F3NO2/c1-2-21-14(20)12-7-11(12)9-19-8-10-5-3-4-6-13(10)15(16,17)18/h3-6,11-12,19H,2,7-9H2,1H3. The highest BCUT2D eigenvalue weighted by Crippen LogP contribution is 2.39. The Balaban J connectivity index is 1.82. The van der Waals surface area contributed by atoms with Crippen LogP contribution in [0.1, 0.15) is 24.5 Å². The van der Waals surface area contributed by atoms with Crippen LogP contribution in [-0.4, -0.2) is 19.1 Å². The van der Waals surface area contributed by atoms with Gasteiger partial charge in [-0.1, -0.05) is 18.2 Å². The average Bonchev–Trinajstić information content (AvgIpc) is 3.18. The Morgan fingerprint density at radius 3 is 2.76 bits per heavy atom. The van der Waals surface area contributed by atoms with Gasteiger partial charge in [0.05, 0.1) is 18.1 Å². The third-order valence-corrected chi connectivity index (χ3v) is 3.56. The molecule has 0 bridgehead atoms. The van der Waals surface area contributed by atoms with Crippen molar-refractivity contribution in [3.8, 4) is 0 Å². The first-order chi connectivity index (χ1) is 9.93. The number of halogens is 3. The number of rotatable bonds is 6. The van der Waals surface area contributed by atoms with Crippen molar-refractivity contribution < 1.29 is 22.7 Å². The Morgan fingerprint density at radius 1 is 1.38 bits per heavy atom. The Bertz CT molecular complexity index is 502. The van der Waals surface area contributed by atoms with Gasteiger partial charge in [-0.2, -0.15) is 13.2 Å². The van der Waals surface area contributed by atoms with Crippen molar-refractivity contribution in [1.29, 1.82) is 0 Å². The number of esters is 1. The van der Waals surface area contributed by atoms with Crippen LogP contribution in [0.4, 0.5) is 13.2 Å². The molecule has 0 saturated heterocycles. The molecule has 1 aromatic rings. The van der Waals surface area contributed by atoms with Crippen LogP contribution in [0.2, 0.25) is 0 Å². The molecule has 1 saturated carbocycles. The number of ether oxygens (including phenoxy) is 1. The minimum Gasteiger partial charge on any atom is -0.466 e. The first-order valence-corrected chi connectivity index (χ1v) is 6.96. The maximum atomic E-state index is 12.8. The molecule has 1 aromatic carbocycles. The molecular formula is C15H18F3NO2. The van der Waals surface area contributed by atoms with Gasteiger partial charge in [-0.3, -0.25) is 4.79 Å². The van der Waals surface area contributed by atoms with Crippen LogP contribution >= 0.6 is 0 Å². The fourth-order valence-corrected chi connectivity index (χ4v) is 2.35. The second-order valence-electron chi connectivity index (χ2n) is 5.14. The SMILES string of the molecule is CCOC(=O)C1CC1CNCc1ccccc1C(F)(F)F. The Labute approximate surface area is 121 Å². The number of hydrogen-bond acceptors (Lipinski definition) is 3. The topological polar surface area (TPSA) is 38.3 Å². The number of alkyl halides is 3. The Morgan fingerprint density at radius 2 is 2.10 bits per heavy atom. The molecule has 0 heterocycles. The van der Waals surface area contributed by atoms with E-state index in [1.54, 1.807) is 13.0 Å². The first kappa shape index (κ1) is 15.8. The third-order valence-electron chi connectivity index (χ3n) is 3.56. The molecule has 1 N–H and O–H groups in total. The molecule has 0 spiro atoms. The zero-order chi connectivity index (χ0) is 15.5. The van der Waals surface area contributed by atoms with E-state index in [4.69, 9.17) is 4.74 Å². The average molecular weight is 301 g/mol. The summed E-state index contributed by atoms with van der Waals surface area (Å²) in [5.41, 5.74) is -0.395. The third kappa shape index (κ3) is 4.20. The van der Waals surface area contributed by atoms with E-state index in [9.17, 15) is 18.0 Å². The number of carbonyl (C=O) groups is 1. The van der Waals surface area contributed by atoms with E-state index in [2.05, 4.69) is 5.32 Å². The molecule has 1 aliphatic rings. The number of nitrogens with one attached hydrogen (secondary N) is 1. The molecule has 2 rings (SSSR count). The van der Waals surface area contributed by atoms with Crippen LogP contribution in [-0.2, 0) is 22.3 Å². The molecule has 0 radical (unpaired) electrons. The molecule has 116 valence electrons. The highest BCUT2D eigenvalue weighted by atomic mass is 19.4. The largest absolute Gasteiger partial charge is 0.466 e. The molecule has 3 nitrogen and oxygen atoms in total. The quantitative estimate of drug-likeness (QED) is 0.821. The molecule has 2 unspecified atom stereocenters. The van der Waals surface area contributed by atoms with Gasteiger partial charge in [-0.25, -0.2) is 0 Å². The lowest BCUT2D eigenvalue weighted by Crippen LogP contribution is -2.21. The summed E-state index contributed by atoms with van der Waals surface area (Å²) in [6, 6.07) is 5.51. The summed E-state index contributed by atoms with van der Waals surface area (Å²) in [5.74, 6) is -0.141. The monoisotopic (exact) mass is 301 g/mol. The van der Waals surface area contributed by atoms with E-state index in [-0.39, 0.29) is 29.9 Å². The van der Waals surface area contributed by atoms with Gasteiger partial charge in [0.15, 0.2) is 0 Å². The van der Waals surface area contributed by atoms with Crippen molar-refractivity contribution in [2.45, 2.75) is 26.1 Å². The van der Waals surface area contributed by atoms with Crippen LogP contribution in [0.5, 0.6) is 0 Å². The van der Waals surface area contributed by atoms with E-state index < -0.39 is 11.7 Å². The van der Waals surface area contributed by atoms with Crippen LogP contribution in [0, 0.1) is 11.8 Å². The summed E-state index contributed by atoms with van der Waals surface area (Å²) in [4.78, 5) is 11.4. The van der Waals surface area contributed by atoms with Crippen molar-refractivity contribution in [3.63, 3.8) is 0 Å². The van der Waals surface area contributed by atoms with Crippen molar-refractivity contribution >= 4 is 5.97 Å². The van der Waals surface area contributed by atoms with E-state index in [0.29, 0.717) is 13.2 Å². The molecular weight excluding hydrogens is 283 g/mol. The van der Waals surface area contributed by atoms with Crippen molar-refractivity contribution in [3.05, 3.63) is 35.4 Å². The molecule has 0 amide bonds.